The van der Waals surface area contributed by atoms with Gasteiger partial charge in [0.2, 0.25) is 16.9 Å². The van der Waals surface area contributed by atoms with Crippen molar-refractivity contribution in [1.29, 1.82) is 0 Å². The van der Waals surface area contributed by atoms with E-state index in [2.05, 4.69) is 34.6 Å². The van der Waals surface area contributed by atoms with Gasteiger partial charge in [0, 0.05) is 31.0 Å². The summed E-state index contributed by atoms with van der Waals surface area (Å²) in [5.74, 6) is 0.0320. The first-order chi connectivity index (χ1) is 11.6. The van der Waals surface area contributed by atoms with Gasteiger partial charge >= 0.3 is 0 Å². The van der Waals surface area contributed by atoms with E-state index in [0.29, 0.717) is 24.5 Å². The van der Waals surface area contributed by atoms with Crippen molar-refractivity contribution in [2.45, 2.75) is 39.0 Å². The van der Waals surface area contributed by atoms with Crippen molar-refractivity contribution in [3.05, 3.63) is 34.8 Å². The lowest BCUT2D eigenvalue weighted by atomic mass is 10.1. The molecule has 0 aliphatic carbocycles. The zero-order valence-electron chi connectivity index (χ0n) is 13.8. The number of hydrogen-bond donors (Lipinski definition) is 1. The summed E-state index contributed by atoms with van der Waals surface area (Å²) >= 11 is 1.35. The molecule has 7 heteroatoms. The number of anilines is 2. The Bertz CT molecular complexity index is 741. The van der Waals surface area contributed by atoms with Crippen LogP contribution in [-0.4, -0.2) is 28.6 Å². The second kappa shape index (κ2) is 7.09. The monoisotopic (exact) mass is 344 g/mol. The van der Waals surface area contributed by atoms with Crippen molar-refractivity contribution in [3.63, 3.8) is 0 Å². The molecule has 1 aliphatic heterocycles. The van der Waals surface area contributed by atoms with E-state index in [1.807, 2.05) is 12.1 Å². The SMILES string of the molecule is CCC(=O)Nc1nnc([C@H]2CC(=O)N(c3ccc(CC)cc3)C2)s1. The Morgan fingerprint density at radius 3 is 2.71 bits per heavy atom. The van der Waals surface area contributed by atoms with E-state index in [1.165, 1.54) is 16.9 Å². The smallest absolute Gasteiger partial charge is 0.227 e. The largest absolute Gasteiger partial charge is 0.312 e. The van der Waals surface area contributed by atoms with Gasteiger partial charge in [0.25, 0.3) is 0 Å². The minimum atomic E-state index is -0.0853. The number of nitrogens with one attached hydrogen (secondary N) is 1. The van der Waals surface area contributed by atoms with Crippen LogP contribution in [-0.2, 0) is 16.0 Å². The molecule has 1 aromatic carbocycles. The highest BCUT2D eigenvalue weighted by atomic mass is 32.1. The van der Waals surface area contributed by atoms with Gasteiger partial charge in [-0.1, -0.05) is 37.3 Å². The minimum Gasteiger partial charge on any atom is -0.312 e. The number of rotatable bonds is 5. The van der Waals surface area contributed by atoms with Crippen LogP contribution in [0.1, 0.15) is 43.2 Å². The number of hydrogen-bond acceptors (Lipinski definition) is 5. The predicted molar refractivity (Wildman–Crippen MR) is 94.4 cm³/mol. The van der Waals surface area contributed by atoms with E-state index in [4.69, 9.17) is 0 Å². The van der Waals surface area contributed by atoms with Gasteiger partial charge in [-0.2, -0.15) is 0 Å². The van der Waals surface area contributed by atoms with E-state index < -0.39 is 0 Å². The van der Waals surface area contributed by atoms with Crippen LogP contribution in [0.15, 0.2) is 24.3 Å². The van der Waals surface area contributed by atoms with Gasteiger partial charge in [0.15, 0.2) is 0 Å². The Morgan fingerprint density at radius 2 is 2.04 bits per heavy atom. The zero-order valence-corrected chi connectivity index (χ0v) is 14.6. The van der Waals surface area contributed by atoms with Crippen LogP contribution in [0.2, 0.25) is 0 Å². The molecule has 2 amide bonds. The molecule has 1 atom stereocenters. The molecule has 2 heterocycles. The fraction of sp³-hybridized carbons (Fsp3) is 0.412. The van der Waals surface area contributed by atoms with E-state index in [0.717, 1.165) is 17.1 Å². The average molecular weight is 344 g/mol. The maximum atomic E-state index is 12.4. The highest BCUT2D eigenvalue weighted by molar-refractivity contribution is 7.15. The van der Waals surface area contributed by atoms with Crippen LogP contribution >= 0.6 is 11.3 Å². The molecular weight excluding hydrogens is 324 g/mol. The lowest BCUT2D eigenvalue weighted by Crippen LogP contribution is -2.24. The molecule has 0 bridgehead atoms. The predicted octanol–water partition coefficient (Wildman–Crippen LogP) is 2.97. The summed E-state index contributed by atoms with van der Waals surface area (Å²) in [5, 5.41) is 12.2. The molecule has 1 fully saturated rings. The number of aromatic nitrogens is 2. The van der Waals surface area contributed by atoms with Gasteiger partial charge < -0.3 is 10.2 Å². The van der Waals surface area contributed by atoms with Crippen molar-refractivity contribution in [3.8, 4) is 0 Å². The first-order valence-corrected chi connectivity index (χ1v) is 8.95. The molecule has 1 N–H and O–H groups in total. The maximum Gasteiger partial charge on any atom is 0.227 e. The number of aryl methyl sites for hydroxylation is 1. The number of carbonyl (C=O) groups is 2. The zero-order chi connectivity index (χ0) is 17.1. The fourth-order valence-corrected chi connectivity index (χ4v) is 3.54. The van der Waals surface area contributed by atoms with Crippen LogP contribution in [0.3, 0.4) is 0 Å². The van der Waals surface area contributed by atoms with Gasteiger partial charge in [0.1, 0.15) is 5.01 Å². The van der Waals surface area contributed by atoms with Gasteiger partial charge in [-0.25, -0.2) is 0 Å². The summed E-state index contributed by atoms with van der Waals surface area (Å²) in [4.78, 5) is 25.6. The summed E-state index contributed by atoms with van der Waals surface area (Å²) in [6, 6.07) is 8.09. The molecule has 6 nitrogen and oxygen atoms in total. The number of amides is 2. The Morgan fingerprint density at radius 1 is 1.29 bits per heavy atom. The topological polar surface area (TPSA) is 75.2 Å². The van der Waals surface area contributed by atoms with Gasteiger partial charge in [-0.3, -0.25) is 9.59 Å². The summed E-state index contributed by atoms with van der Waals surface area (Å²) < 4.78 is 0. The van der Waals surface area contributed by atoms with Crippen molar-refractivity contribution < 1.29 is 9.59 Å². The maximum absolute atomic E-state index is 12.4. The van der Waals surface area contributed by atoms with Crippen molar-refractivity contribution in [2.75, 3.05) is 16.8 Å². The van der Waals surface area contributed by atoms with E-state index in [1.54, 1.807) is 11.8 Å². The quantitative estimate of drug-likeness (QED) is 0.905. The van der Waals surface area contributed by atoms with Crippen LogP contribution in [0.4, 0.5) is 10.8 Å². The molecule has 0 radical (unpaired) electrons. The number of benzene rings is 1. The molecule has 24 heavy (non-hydrogen) atoms. The standard InChI is InChI=1S/C17H20N4O2S/c1-3-11-5-7-13(8-6-11)21-10-12(9-15(21)23)16-19-20-17(24-16)18-14(22)4-2/h5-8,12H,3-4,9-10H2,1-2H3,(H,18,20,22)/t12-/m0/s1. The van der Waals surface area contributed by atoms with Crippen molar-refractivity contribution in [1.82, 2.24) is 10.2 Å². The summed E-state index contributed by atoms with van der Waals surface area (Å²) in [6.07, 6.45) is 1.80. The van der Waals surface area contributed by atoms with Gasteiger partial charge in [-0.05, 0) is 24.1 Å². The first kappa shape index (κ1) is 16.6. The Labute approximate surface area is 144 Å². The van der Waals surface area contributed by atoms with Crippen molar-refractivity contribution in [2.24, 2.45) is 0 Å². The Hall–Kier alpha value is -2.28. The summed E-state index contributed by atoms with van der Waals surface area (Å²) in [7, 11) is 0. The average Bonchev–Trinajstić information content (AvgIpc) is 3.21. The normalized spacial score (nSPS) is 17.3. The molecular formula is C17H20N4O2S. The molecule has 0 saturated carbocycles. The van der Waals surface area contributed by atoms with E-state index in [9.17, 15) is 9.59 Å². The second-order valence-electron chi connectivity index (χ2n) is 5.77. The third kappa shape index (κ3) is 3.46. The highest BCUT2D eigenvalue weighted by Crippen LogP contribution is 2.34. The molecule has 1 aromatic heterocycles. The van der Waals surface area contributed by atoms with Gasteiger partial charge in [0.05, 0.1) is 0 Å². The molecule has 0 spiro atoms. The number of nitrogens with zero attached hydrogens (tertiary/aromatic N) is 3. The van der Waals surface area contributed by atoms with Crippen molar-refractivity contribution >= 4 is 34.0 Å². The number of carbonyl (C=O) groups excluding carboxylic acids is 2. The molecule has 126 valence electrons. The van der Waals surface area contributed by atoms with Crippen LogP contribution < -0.4 is 10.2 Å². The van der Waals surface area contributed by atoms with E-state index in [-0.39, 0.29) is 17.7 Å². The summed E-state index contributed by atoms with van der Waals surface area (Å²) in [6.45, 7) is 4.49. The lowest BCUT2D eigenvalue weighted by molar-refractivity contribution is -0.117. The second-order valence-corrected chi connectivity index (χ2v) is 6.78. The van der Waals surface area contributed by atoms with Gasteiger partial charge in [-0.15, -0.1) is 10.2 Å². The Kier molecular flexibility index (Phi) is 4.89. The molecule has 3 rings (SSSR count). The van der Waals surface area contributed by atoms with Crippen LogP contribution in [0, 0.1) is 0 Å². The fourth-order valence-electron chi connectivity index (χ4n) is 2.69. The lowest BCUT2D eigenvalue weighted by Gasteiger charge is -2.16. The third-order valence-electron chi connectivity index (χ3n) is 4.14. The first-order valence-electron chi connectivity index (χ1n) is 8.13. The third-order valence-corrected chi connectivity index (χ3v) is 5.14. The van der Waals surface area contributed by atoms with Crippen LogP contribution in [0.25, 0.3) is 0 Å². The highest BCUT2D eigenvalue weighted by Gasteiger charge is 2.33. The summed E-state index contributed by atoms with van der Waals surface area (Å²) in [5.41, 5.74) is 2.17. The van der Waals surface area contributed by atoms with Crippen LogP contribution in [0.5, 0.6) is 0 Å². The van der Waals surface area contributed by atoms with E-state index >= 15 is 0 Å². The Balaban J connectivity index is 1.71. The molecule has 0 unspecified atom stereocenters. The molecule has 1 aliphatic rings. The minimum absolute atomic E-state index is 0.0214. The molecule has 1 saturated heterocycles. The molecule has 2 aromatic rings.